The van der Waals surface area contributed by atoms with Crippen LogP contribution in [0.3, 0.4) is 0 Å². The van der Waals surface area contributed by atoms with E-state index < -0.39 is 10.7 Å². The van der Waals surface area contributed by atoms with Crippen LogP contribution in [0.5, 0.6) is 0 Å². The fourth-order valence-corrected chi connectivity index (χ4v) is 1.69. The molecule has 0 atom stereocenters. The second-order valence-corrected chi connectivity index (χ2v) is 4.12. The minimum absolute atomic E-state index is 0.0276. The third-order valence-electron chi connectivity index (χ3n) is 2.50. The smallest absolute Gasteiger partial charge is 0.274 e. The number of anilines is 1. The molecule has 0 aromatic heterocycles. The summed E-state index contributed by atoms with van der Waals surface area (Å²) in [6.45, 7) is 4.18. The van der Waals surface area contributed by atoms with Gasteiger partial charge in [0.2, 0.25) is 0 Å². The van der Waals surface area contributed by atoms with Gasteiger partial charge < -0.3 is 4.90 Å². The van der Waals surface area contributed by atoms with Crippen LogP contribution in [0, 0.1) is 27.3 Å². The van der Waals surface area contributed by atoms with Crippen molar-refractivity contribution in [3.8, 4) is 6.07 Å². The maximum atomic E-state index is 13.3. The van der Waals surface area contributed by atoms with E-state index in [-0.39, 0.29) is 18.2 Å². The zero-order chi connectivity index (χ0) is 13.7. The molecule has 0 spiro atoms. The third-order valence-corrected chi connectivity index (χ3v) is 2.50. The second kappa shape index (κ2) is 5.96. The molecule has 0 N–H and O–H groups in total. The predicted molar refractivity (Wildman–Crippen MR) is 65.8 cm³/mol. The van der Waals surface area contributed by atoms with Gasteiger partial charge in [-0.15, -0.1) is 0 Å². The lowest BCUT2D eigenvalue weighted by Crippen LogP contribution is -2.31. The molecule has 96 valence electrons. The summed E-state index contributed by atoms with van der Waals surface area (Å²) in [4.78, 5) is 11.8. The molecule has 5 nitrogen and oxygen atoms in total. The average Bonchev–Trinajstić information content (AvgIpc) is 2.28. The van der Waals surface area contributed by atoms with Crippen LogP contribution in [0.4, 0.5) is 15.8 Å². The maximum absolute atomic E-state index is 13.3. The first-order valence-electron chi connectivity index (χ1n) is 5.54. The highest BCUT2D eigenvalue weighted by Gasteiger charge is 2.16. The lowest BCUT2D eigenvalue weighted by atomic mass is 10.2. The van der Waals surface area contributed by atoms with Crippen LogP contribution < -0.4 is 4.90 Å². The number of non-ortho nitro benzene ring substituents is 1. The van der Waals surface area contributed by atoms with E-state index in [0.29, 0.717) is 12.2 Å². The molecule has 1 aromatic carbocycles. The second-order valence-electron chi connectivity index (χ2n) is 4.12. The van der Waals surface area contributed by atoms with Crippen molar-refractivity contribution < 1.29 is 9.31 Å². The molecule has 0 unspecified atom stereocenters. The predicted octanol–water partition coefficient (Wildman–Crippen LogP) is 2.86. The van der Waals surface area contributed by atoms with Crippen molar-refractivity contribution in [2.45, 2.75) is 26.3 Å². The molecule has 0 radical (unpaired) electrons. The first-order chi connectivity index (χ1) is 8.45. The van der Waals surface area contributed by atoms with Gasteiger partial charge in [0, 0.05) is 24.3 Å². The SMILES string of the molecule is CC(C)N(CCC#N)c1cc(F)cc([N+](=O)[O-])c1. The Labute approximate surface area is 105 Å². The summed E-state index contributed by atoms with van der Waals surface area (Å²) >= 11 is 0. The summed E-state index contributed by atoms with van der Waals surface area (Å²) in [6.07, 6.45) is 0.280. The van der Waals surface area contributed by atoms with Crippen LogP contribution in [0.15, 0.2) is 18.2 Å². The first kappa shape index (κ1) is 13.9. The summed E-state index contributed by atoms with van der Waals surface area (Å²) in [5.74, 6) is -0.651. The molecule has 0 amide bonds. The summed E-state index contributed by atoms with van der Waals surface area (Å²) in [5, 5.41) is 19.3. The van der Waals surface area contributed by atoms with Crippen LogP contribution in [0.25, 0.3) is 0 Å². The molecular formula is C12H14FN3O2. The van der Waals surface area contributed by atoms with Crippen LogP contribution in [-0.4, -0.2) is 17.5 Å². The molecule has 1 aromatic rings. The van der Waals surface area contributed by atoms with Gasteiger partial charge in [-0.3, -0.25) is 10.1 Å². The minimum atomic E-state index is -0.651. The zero-order valence-corrected chi connectivity index (χ0v) is 10.3. The van der Waals surface area contributed by atoms with Crippen molar-refractivity contribution in [3.63, 3.8) is 0 Å². The molecule has 0 heterocycles. The molecule has 0 fully saturated rings. The quantitative estimate of drug-likeness (QED) is 0.596. The van der Waals surface area contributed by atoms with Gasteiger partial charge >= 0.3 is 0 Å². The molecule has 0 saturated heterocycles. The van der Waals surface area contributed by atoms with E-state index in [4.69, 9.17) is 5.26 Å². The van der Waals surface area contributed by atoms with Gasteiger partial charge in [-0.05, 0) is 19.9 Å². The zero-order valence-electron chi connectivity index (χ0n) is 10.3. The van der Waals surface area contributed by atoms with Gasteiger partial charge in [0.1, 0.15) is 5.82 Å². The van der Waals surface area contributed by atoms with Crippen LogP contribution in [-0.2, 0) is 0 Å². The van der Waals surface area contributed by atoms with Crippen molar-refractivity contribution in [2.24, 2.45) is 0 Å². The Hall–Kier alpha value is -2.16. The number of rotatable bonds is 5. The number of nitrogens with zero attached hydrogens (tertiary/aromatic N) is 3. The largest absolute Gasteiger partial charge is 0.368 e. The monoisotopic (exact) mass is 251 g/mol. The highest BCUT2D eigenvalue weighted by Crippen LogP contribution is 2.25. The number of nitro benzene ring substituents is 1. The van der Waals surface area contributed by atoms with Crippen LogP contribution in [0.2, 0.25) is 0 Å². The Morgan fingerprint density at radius 2 is 2.17 bits per heavy atom. The van der Waals surface area contributed by atoms with Crippen molar-refractivity contribution in [3.05, 3.63) is 34.1 Å². The van der Waals surface area contributed by atoms with Gasteiger partial charge in [-0.2, -0.15) is 5.26 Å². The van der Waals surface area contributed by atoms with Crippen molar-refractivity contribution in [1.82, 2.24) is 0 Å². The van der Waals surface area contributed by atoms with E-state index in [1.165, 1.54) is 12.1 Å². The van der Waals surface area contributed by atoms with Crippen LogP contribution >= 0.6 is 0 Å². The van der Waals surface area contributed by atoms with E-state index in [1.54, 1.807) is 4.90 Å². The molecule has 18 heavy (non-hydrogen) atoms. The Balaban J connectivity index is 3.12. The number of hydrogen-bond donors (Lipinski definition) is 0. The van der Waals surface area contributed by atoms with E-state index in [9.17, 15) is 14.5 Å². The third kappa shape index (κ3) is 3.42. The van der Waals surface area contributed by atoms with Crippen molar-refractivity contribution in [2.75, 3.05) is 11.4 Å². The normalized spacial score (nSPS) is 10.2. The molecule has 6 heteroatoms. The highest BCUT2D eigenvalue weighted by molar-refractivity contribution is 5.54. The first-order valence-corrected chi connectivity index (χ1v) is 5.54. The number of nitriles is 1. The molecule has 0 saturated carbocycles. The number of hydrogen-bond acceptors (Lipinski definition) is 4. The molecule has 1 rings (SSSR count). The van der Waals surface area contributed by atoms with Crippen molar-refractivity contribution in [1.29, 1.82) is 5.26 Å². The number of benzene rings is 1. The highest BCUT2D eigenvalue weighted by atomic mass is 19.1. The topological polar surface area (TPSA) is 70.2 Å². The van der Waals surface area contributed by atoms with E-state index in [2.05, 4.69) is 0 Å². The Morgan fingerprint density at radius 1 is 1.50 bits per heavy atom. The summed E-state index contributed by atoms with van der Waals surface area (Å²) in [7, 11) is 0. The Morgan fingerprint density at radius 3 is 2.67 bits per heavy atom. The van der Waals surface area contributed by atoms with Gasteiger partial charge in [-0.25, -0.2) is 4.39 Å². The lowest BCUT2D eigenvalue weighted by molar-refractivity contribution is -0.385. The summed E-state index contributed by atoms with van der Waals surface area (Å²) < 4.78 is 13.3. The van der Waals surface area contributed by atoms with Gasteiger partial charge in [-0.1, -0.05) is 0 Å². The summed E-state index contributed by atoms with van der Waals surface area (Å²) in [5.41, 5.74) is 0.138. The number of nitro groups is 1. The standard InChI is InChI=1S/C12H14FN3O2/c1-9(2)15(5-3-4-14)11-6-10(13)7-12(8-11)16(17)18/h6-9H,3,5H2,1-2H3. The maximum Gasteiger partial charge on any atom is 0.274 e. The molecule has 0 bridgehead atoms. The number of halogens is 1. The van der Waals surface area contributed by atoms with Gasteiger partial charge in [0.25, 0.3) is 5.69 Å². The molecular weight excluding hydrogens is 237 g/mol. The molecule has 0 aliphatic rings. The fraction of sp³-hybridized carbons (Fsp3) is 0.417. The van der Waals surface area contributed by atoms with Gasteiger partial charge in [0.15, 0.2) is 0 Å². The Kier molecular flexibility index (Phi) is 4.60. The molecule has 0 aliphatic carbocycles. The van der Waals surface area contributed by atoms with E-state index >= 15 is 0 Å². The average molecular weight is 251 g/mol. The van der Waals surface area contributed by atoms with Crippen LogP contribution in [0.1, 0.15) is 20.3 Å². The Bertz CT molecular complexity index is 483. The fourth-order valence-electron chi connectivity index (χ4n) is 1.69. The lowest BCUT2D eigenvalue weighted by Gasteiger charge is -2.28. The van der Waals surface area contributed by atoms with E-state index in [0.717, 1.165) is 6.07 Å². The molecule has 0 aliphatic heterocycles. The summed E-state index contributed by atoms with van der Waals surface area (Å²) in [6, 6.07) is 5.47. The van der Waals surface area contributed by atoms with E-state index in [1.807, 2.05) is 19.9 Å². The van der Waals surface area contributed by atoms with Crippen molar-refractivity contribution >= 4 is 11.4 Å². The van der Waals surface area contributed by atoms with Gasteiger partial charge in [0.05, 0.1) is 23.5 Å². The minimum Gasteiger partial charge on any atom is -0.368 e.